The number of ether oxygens (including phenoxy) is 1. The fourth-order valence-corrected chi connectivity index (χ4v) is 3.82. The zero-order chi connectivity index (χ0) is 17.2. The van der Waals surface area contributed by atoms with Gasteiger partial charge in [0, 0.05) is 6.54 Å². The van der Waals surface area contributed by atoms with E-state index < -0.39 is 0 Å². The molecular formula is C21H34ClNO2. The second kappa shape index (κ2) is 12.3. The smallest absolute Gasteiger partial charge is 0.313 e. The summed E-state index contributed by atoms with van der Waals surface area (Å²) in [5.74, 6) is 0.337. The van der Waals surface area contributed by atoms with Gasteiger partial charge in [0.05, 0.1) is 12.5 Å². The lowest BCUT2D eigenvalue weighted by molar-refractivity contribution is -0.147. The van der Waals surface area contributed by atoms with Crippen LogP contribution in [0.15, 0.2) is 30.3 Å². The van der Waals surface area contributed by atoms with Crippen LogP contribution in [-0.2, 0) is 9.53 Å². The molecule has 4 heteroatoms. The predicted octanol–water partition coefficient (Wildman–Crippen LogP) is 5.05. The number of esters is 1. The van der Waals surface area contributed by atoms with Gasteiger partial charge in [-0.05, 0) is 43.8 Å². The lowest BCUT2D eigenvalue weighted by Gasteiger charge is -2.29. The van der Waals surface area contributed by atoms with Gasteiger partial charge in [0.1, 0.15) is 0 Å². The molecule has 1 fully saturated rings. The van der Waals surface area contributed by atoms with Gasteiger partial charge in [0.25, 0.3) is 0 Å². The first-order valence-electron chi connectivity index (χ1n) is 9.70. The number of benzene rings is 1. The third-order valence-electron chi connectivity index (χ3n) is 5.29. The van der Waals surface area contributed by atoms with E-state index in [-0.39, 0.29) is 24.3 Å². The Morgan fingerprint density at radius 3 is 2.36 bits per heavy atom. The number of hydrogen-bond donors (Lipinski definition) is 0. The van der Waals surface area contributed by atoms with E-state index in [4.69, 9.17) is 4.74 Å². The van der Waals surface area contributed by atoms with E-state index in [1.165, 1.54) is 19.3 Å². The Morgan fingerprint density at radius 1 is 1.12 bits per heavy atom. The zero-order valence-corrected chi connectivity index (χ0v) is 16.6. The Labute approximate surface area is 159 Å². The molecule has 1 aromatic carbocycles. The fourth-order valence-electron chi connectivity index (χ4n) is 3.82. The molecule has 1 unspecified atom stereocenters. The van der Waals surface area contributed by atoms with Crippen molar-refractivity contribution >= 4 is 18.4 Å². The van der Waals surface area contributed by atoms with E-state index in [9.17, 15) is 4.79 Å². The summed E-state index contributed by atoms with van der Waals surface area (Å²) in [5, 5.41) is 0. The van der Waals surface area contributed by atoms with Crippen molar-refractivity contribution in [3.05, 3.63) is 35.9 Å². The summed E-state index contributed by atoms with van der Waals surface area (Å²) in [7, 11) is 0. The summed E-state index contributed by atoms with van der Waals surface area (Å²) in [4.78, 5) is 15.2. The maximum Gasteiger partial charge on any atom is 0.313 e. The van der Waals surface area contributed by atoms with Gasteiger partial charge < -0.3 is 9.64 Å². The van der Waals surface area contributed by atoms with Crippen LogP contribution in [0, 0.1) is 5.92 Å². The molecule has 3 nitrogen and oxygen atoms in total. The van der Waals surface area contributed by atoms with Crippen molar-refractivity contribution in [2.45, 2.75) is 58.3 Å². The maximum absolute atomic E-state index is 12.8. The highest BCUT2D eigenvalue weighted by Crippen LogP contribution is 2.36. The van der Waals surface area contributed by atoms with Gasteiger partial charge in [-0.2, -0.15) is 0 Å². The molecular weight excluding hydrogens is 334 g/mol. The molecule has 25 heavy (non-hydrogen) atoms. The molecule has 142 valence electrons. The zero-order valence-electron chi connectivity index (χ0n) is 15.8. The number of nitrogens with zero attached hydrogens (tertiary/aromatic N) is 1. The van der Waals surface area contributed by atoms with E-state index >= 15 is 0 Å². The molecule has 1 atom stereocenters. The van der Waals surface area contributed by atoms with Gasteiger partial charge >= 0.3 is 5.97 Å². The second-order valence-corrected chi connectivity index (χ2v) is 6.83. The molecule has 0 bridgehead atoms. The van der Waals surface area contributed by atoms with E-state index in [0.29, 0.717) is 12.5 Å². The summed E-state index contributed by atoms with van der Waals surface area (Å²) in [6.45, 7) is 7.98. The normalized spacial score (nSPS) is 16.3. The topological polar surface area (TPSA) is 29.5 Å². The van der Waals surface area contributed by atoms with Crippen molar-refractivity contribution in [3.8, 4) is 0 Å². The number of carbonyl (C=O) groups is 1. The molecule has 0 spiro atoms. The van der Waals surface area contributed by atoms with Crippen LogP contribution in [0.25, 0.3) is 0 Å². The lowest BCUT2D eigenvalue weighted by Crippen LogP contribution is -2.28. The minimum atomic E-state index is -0.0834. The van der Waals surface area contributed by atoms with Crippen LogP contribution in [0.2, 0.25) is 0 Å². The first kappa shape index (κ1) is 22.0. The quantitative estimate of drug-likeness (QED) is 0.452. The highest BCUT2D eigenvalue weighted by molar-refractivity contribution is 5.85. The van der Waals surface area contributed by atoms with Gasteiger partial charge in [-0.25, -0.2) is 0 Å². The monoisotopic (exact) mass is 367 g/mol. The minimum absolute atomic E-state index is 0. The molecule has 0 N–H and O–H groups in total. The Hall–Kier alpha value is -1.06. The summed E-state index contributed by atoms with van der Waals surface area (Å²) < 4.78 is 5.69. The highest BCUT2D eigenvalue weighted by atomic mass is 35.5. The van der Waals surface area contributed by atoms with E-state index in [1.54, 1.807) is 0 Å². The first-order valence-corrected chi connectivity index (χ1v) is 9.70. The molecule has 0 aliphatic heterocycles. The fraction of sp³-hybridized carbons (Fsp3) is 0.667. The van der Waals surface area contributed by atoms with Crippen LogP contribution >= 0.6 is 12.4 Å². The van der Waals surface area contributed by atoms with Crippen molar-refractivity contribution < 1.29 is 9.53 Å². The van der Waals surface area contributed by atoms with Crippen molar-refractivity contribution in [2.24, 2.45) is 5.92 Å². The molecule has 1 aromatic rings. The van der Waals surface area contributed by atoms with E-state index in [2.05, 4.69) is 30.9 Å². The average Bonchev–Trinajstić information content (AvgIpc) is 2.64. The van der Waals surface area contributed by atoms with Gasteiger partial charge in [-0.15, -0.1) is 12.4 Å². The molecule has 0 amide bonds. The Morgan fingerprint density at radius 2 is 1.76 bits per heavy atom. The number of hydrogen-bond acceptors (Lipinski definition) is 3. The van der Waals surface area contributed by atoms with Gasteiger partial charge in [-0.1, -0.05) is 63.4 Å². The van der Waals surface area contributed by atoms with Crippen LogP contribution in [0.5, 0.6) is 0 Å². The number of halogens is 1. The predicted molar refractivity (Wildman–Crippen MR) is 106 cm³/mol. The van der Waals surface area contributed by atoms with Crippen LogP contribution in [0.1, 0.15) is 63.9 Å². The van der Waals surface area contributed by atoms with Crippen LogP contribution < -0.4 is 0 Å². The summed E-state index contributed by atoms with van der Waals surface area (Å²) in [5.41, 5.74) is 1.12. The van der Waals surface area contributed by atoms with Gasteiger partial charge in [0.15, 0.2) is 0 Å². The molecule has 2 rings (SSSR count). The summed E-state index contributed by atoms with van der Waals surface area (Å²) in [6, 6.07) is 10.2. The molecule has 0 saturated heterocycles. The van der Waals surface area contributed by atoms with Crippen LogP contribution in [-0.4, -0.2) is 37.1 Å². The number of rotatable bonds is 9. The molecule has 1 aliphatic rings. The Kier molecular flexibility index (Phi) is 10.8. The highest BCUT2D eigenvalue weighted by Gasteiger charge is 2.32. The van der Waals surface area contributed by atoms with Crippen LogP contribution in [0.4, 0.5) is 0 Å². The first-order chi connectivity index (χ1) is 11.8. The standard InChI is InChI=1S/C21H33NO2.ClH/c1-3-22(4-2)16-11-17-24-21(23)20(18-12-7-5-8-13-18)19-14-9-6-10-15-19;/h5,7-8,12-13,19-20H,3-4,6,9-11,14-17H2,1-2H3;1H. The second-order valence-electron chi connectivity index (χ2n) is 6.83. The summed E-state index contributed by atoms with van der Waals surface area (Å²) >= 11 is 0. The number of carbonyl (C=O) groups excluding carboxylic acids is 1. The molecule has 1 aliphatic carbocycles. The summed E-state index contributed by atoms with van der Waals surface area (Å²) in [6.07, 6.45) is 6.99. The van der Waals surface area contributed by atoms with Crippen LogP contribution in [0.3, 0.4) is 0 Å². The SMILES string of the molecule is CCN(CC)CCCOC(=O)C(c1ccccc1)C1CCCCC1.Cl. The van der Waals surface area contributed by atoms with Crippen molar-refractivity contribution in [1.29, 1.82) is 0 Å². The van der Waals surface area contributed by atoms with Crippen molar-refractivity contribution in [3.63, 3.8) is 0 Å². The minimum Gasteiger partial charge on any atom is -0.465 e. The Balaban J connectivity index is 0.00000312. The molecule has 0 radical (unpaired) electrons. The van der Waals surface area contributed by atoms with E-state index in [0.717, 1.165) is 44.5 Å². The largest absolute Gasteiger partial charge is 0.465 e. The van der Waals surface area contributed by atoms with Gasteiger partial charge in [0.2, 0.25) is 0 Å². The van der Waals surface area contributed by atoms with Crippen molar-refractivity contribution in [1.82, 2.24) is 4.90 Å². The molecule has 1 saturated carbocycles. The third-order valence-corrected chi connectivity index (χ3v) is 5.29. The lowest BCUT2D eigenvalue weighted by atomic mass is 9.77. The average molecular weight is 368 g/mol. The van der Waals surface area contributed by atoms with Crippen molar-refractivity contribution in [2.75, 3.05) is 26.2 Å². The van der Waals surface area contributed by atoms with E-state index in [1.807, 2.05) is 18.2 Å². The maximum atomic E-state index is 12.8. The third kappa shape index (κ3) is 6.99. The molecule has 0 heterocycles. The van der Waals surface area contributed by atoms with Gasteiger partial charge in [-0.3, -0.25) is 4.79 Å². The molecule has 0 aromatic heterocycles. The Bertz CT molecular complexity index is 470.